The molecule has 0 bridgehead atoms. The average Bonchev–Trinajstić information content (AvgIpc) is 2.92. The summed E-state index contributed by atoms with van der Waals surface area (Å²) in [4.78, 5) is 31.8. The van der Waals surface area contributed by atoms with Crippen LogP contribution in [0.2, 0.25) is 0 Å². The predicted octanol–water partition coefficient (Wildman–Crippen LogP) is 2.74. The standard InChI is InChI=1S/C15H17N3O4S/c1-4-21-13-12(15(20)22-5-2)23-14(18-13)10-6-7-16-11(8-10)17-9(3)19/h6-8H,4-5H2,1-3H3,(H,16,17,19). The Morgan fingerprint density at radius 3 is 2.74 bits per heavy atom. The lowest BCUT2D eigenvalue weighted by Crippen LogP contribution is -2.07. The third-order valence-electron chi connectivity index (χ3n) is 2.65. The van der Waals surface area contributed by atoms with Crippen LogP contribution in [0.1, 0.15) is 30.4 Å². The molecule has 0 aliphatic carbocycles. The summed E-state index contributed by atoms with van der Waals surface area (Å²) < 4.78 is 10.4. The van der Waals surface area contributed by atoms with E-state index in [9.17, 15) is 9.59 Å². The Kier molecular flexibility index (Phi) is 5.64. The van der Waals surface area contributed by atoms with Gasteiger partial charge in [0.1, 0.15) is 10.8 Å². The first-order chi connectivity index (χ1) is 11.0. The summed E-state index contributed by atoms with van der Waals surface area (Å²) in [6, 6.07) is 3.43. The lowest BCUT2D eigenvalue weighted by molar-refractivity contribution is -0.114. The molecule has 122 valence electrons. The van der Waals surface area contributed by atoms with Crippen LogP contribution < -0.4 is 10.1 Å². The molecule has 1 amide bonds. The summed E-state index contributed by atoms with van der Waals surface area (Å²) in [6.45, 7) is 5.63. The quantitative estimate of drug-likeness (QED) is 0.816. The minimum absolute atomic E-state index is 0.212. The van der Waals surface area contributed by atoms with E-state index in [-0.39, 0.29) is 18.4 Å². The van der Waals surface area contributed by atoms with Gasteiger partial charge < -0.3 is 14.8 Å². The fourth-order valence-electron chi connectivity index (χ4n) is 1.80. The van der Waals surface area contributed by atoms with Gasteiger partial charge in [-0.05, 0) is 26.0 Å². The molecule has 2 aromatic heterocycles. The Hall–Kier alpha value is -2.48. The van der Waals surface area contributed by atoms with E-state index in [1.54, 1.807) is 25.3 Å². The molecule has 2 aromatic rings. The summed E-state index contributed by atoms with van der Waals surface area (Å²) in [7, 11) is 0. The molecule has 0 aliphatic heterocycles. The monoisotopic (exact) mass is 335 g/mol. The average molecular weight is 335 g/mol. The van der Waals surface area contributed by atoms with Crippen molar-refractivity contribution in [1.82, 2.24) is 9.97 Å². The highest BCUT2D eigenvalue weighted by Gasteiger charge is 2.21. The van der Waals surface area contributed by atoms with Gasteiger partial charge in [0.05, 0.1) is 13.2 Å². The highest BCUT2D eigenvalue weighted by Crippen LogP contribution is 2.33. The lowest BCUT2D eigenvalue weighted by atomic mass is 10.3. The first-order valence-corrected chi connectivity index (χ1v) is 7.91. The second-order valence-corrected chi connectivity index (χ2v) is 5.42. The number of aromatic nitrogens is 2. The minimum Gasteiger partial charge on any atom is -0.477 e. The van der Waals surface area contributed by atoms with E-state index in [0.29, 0.717) is 22.3 Å². The molecule has 0 fully saturated rings. The van der Waals surface area contributed by atoms with Crippen molar-refractivity contribution in [2.75, 3.05) is 18.5 Å². The summed E-state index contributed by atoms with van der Waals surface area (Å²) in [6.07, 6.45) is 1.56. The Balaban J connectivity index is 2.37. The number of carbonyl (C=O) groups excluding carboxylic acids is 2. The topological polar surface area (TPSA) is 90.4 Å². The minimum atomic E-state index is -0.462. The SMILES string of the molecule is CCOC(=O)c1sc(-c2ccnc(NC(C)=O)c2)nc1OCC. The van der Waals surface area contributed by atoms with Crippen LogP contribution in [0.15, 0.2) is 18.3 Å². The number of pyridine rings is 1. The van der Waals surface area contributed by atoms with Gasteiger partial charge in [-0.3, -0.25) is 4.79 Å². The number of amides is 1. The van der Waals surface area contributed by atoms with Crippen LogP contribution in [-0.4, -0.2) is 35.1 Å². The highest BCUT2D eigenvalue weighted by atomic mass is 32.1. The molecule has 0 atom stereocenters. The van der Waals surface area contributed by atoms with Crippen molar-refractivity contribution in [3.05, 3.63) is 23.2 Å². The van der Waals surface area contributed by atoms with Gasteiger partial charge in [-0.15, -0.1) is 11.3 Å². The fraction of sp³-hybridized carbons (Fsp3) is 0.333. The van der Waals surface area contributed by atoms with Gasteiger partial charge in [0, 0.05) is 18.7 Å². The van der Waals surface area contributed by atoms with Crippen LogP contribution in [0.4, 0.5) is 5.82 Å². The van der Waals surface area contributed by atoms with Crippen molar-refractivity contribution < 1.29 is 19.1 Å². The van der Waals surface area contributed by atoms with Gasteiger partial charge in [0.2, 0.25) is 11.8 Å². The largest absolute Gasteiger partial charge is 0.477 e. The Labute approximate surface area is 137 Å². The number of esters is 1. The number of hydrogen-bond acceptors (Lipinski definition) is 7. The molecule has 1 N–H and O–H groups in total. The van der Waals surface area contributed by atoms with Crippen LogP contribution in [0.5, 0.6) is 5.88 Å². The summed E-state index contributed by atoms with van der Waals surface area (Å²) in [5, 5.41) is 3.20. The lowest BCUT2D eigenvalue weighted by Gasteiger charge is -2.02. The third kappa shape index (κ3) is 4.26. The van der Waals surface area contributed by atoms with E-state index in [0.717, 1.165) is 5.56 Å². The molecule has 0 saturated carbocycles. The molecule has 7 nitrogen and oxygen atoms in total. The van der Waals surface area contributed by atoms with E-state index in [1.165, 1.54) is 18.3 Å². The molecule has 23 heavy (non-hydrogen) atoms. The molecule has 0 spiro atoms. The zero-order valence-electron chi connectivity index (χ0n) is 13.1. The Morgan fingerprint density at radius 1 is 1.30 bits per heavy atom. The highest BCUT2D eigenvalue weighted by molar-refractivity contribution is 7.17. The number of thiazole rings is 1. The van der Waals surface area contributed by atoms with E-state index in [1.807, 2.05) is 6.92 Å². The number of carbonyl (C=O) groups is 2. The van der Waals surface area contributed by atoms with E-state index in [4.69, 9.17) is 9.47 Å². The van der Waals surface area contributed by atoms with Crippen molar-refractivity contribution in [2.45, 2.75) is 20.8 Å². The van der Waals surface area contributed by atoms with E-state index in [2.05, 4.69) is 15.3 Å². The normalized spacial score (nSPS) is 10.2. The van der Waals surface area contributed by atoms with Gasteiger partial charge in [-0.1, -0.05) is 0 Å². The van der Waals surface area contributed by atoms with Crippen LogP contribution in [0.3, 0.4) is 0 Å². The summed E-state index contributed by atoms with van der Waals surface area (Å²) in [5.74, 6) is -0.00321. The maximum atomic E-state index is 12.0. The van der Waals surface area contributed by atoms with Crippen molar-refractivity contribution in [2.24, 2.45) is 0 Å². The number of nitrogens with one attached hydrogen (secondary N) is 1. The maximum absolute atomic E-state index is 12.0. The maximum Gasteiger partial charge on any atom is 0.354 e. The molecular formula is C15H17N3O4S. The first-order valence-electron chi connectivity index (χ1n) is 7.09. The Morgan fingerprint density at radius 2 is 2.09 bits per heavy atom. The van der Waals surface area contributed by atoms with E-state index >= 15 is 0 Å². The van der Waals surface area contributed by atoms with Crippen molar-refractivity contribution >= 4 is 29.0 Å². The number of rotatable bonds is 6. The van der Waals surface area contributed by atoms with Crippen molar-refractivity contribution in [3.63, 3.8) is 0 Å². The zero-order chi connectivity index (χ0) is 16.8. The van der Waals surface area contributed by atoms with Crippen molar-refractivity contribution in [3.8, 4) is 16.5 Å². The first kappa shape index (κ1) is 16.9. The van der Waals surface area contributed by atoms with Gasteiger partial charge in [-0.25, -0.2) is 14.8 Å². The number of anilines is 1. The molecule has 0 radical (unpaired) electrons. The van der Waals surface area contributed by atoms with Gasteiger partial charge in [0.25, 0.3) is 0 Å². The fourth-order valence-corrected chi connectivity index (χ4v) is 2.70. The zero-order valence-corrected chi connectivity index (χ0v) is 13.9. The molecule has 0 aromatic carbocycles. The number of hydrogen-bond donors (Lipinski definition) is 1. The molecule has 2 rings (SSSR count). The molecular weight excluding hydrogens is 318 g/mol. The number of ether oxygens (including phenoxy) is 2. The van der Waals surface area contributed by atoms with Gasteiger partial charge >= 0.3 is 5.97 Å². The molecule has 0 aliphatic rings. The van der Waals surface area contributed by atoms with Crippen LogP contribution in [-0.2, 0) is 9.53 Å². The predicted molar refractivity (Wildman–Crippen MR) is 86.8 cm³/mol. The summed E-state index contributed by atoms with van der Waals surface area (Å²) in [5.41, 5.74) is 0.727. The van der Waals surface area contributed by atoms with E-state index < -0.39 is 5.97 Å². The molecule has 2 heterocycles. The third-order valence-corrected chi connectivity index (χ3v) is 3.71. The summed E-state index contributed by atoms with van der Waals surface area (Å²) >= 11 is 1.18. The van der Waals surface area contributed by atoms with Crippen molar-refractivity contribution in [1.29, 1.82) is 0 Å². The molecule has 0 saturated heterocycles. The Bertz CT molecular complexity index is 714. The van der Waals surface area contributed by atoms with Gasteiger partial charge in [-0.2, -0.15) is 0 Å². The molecule has 0 unspecified atom stereocenters. The second kappa shape index (κ2) is 7.68. The van der Waals surface area contributed by atoms with Crippen LogP contribution in [0.25, 0.3) is 10.6 Å². The van der Waals surface area contributed by atoms with Crippen LogP contribution >= 0.6 is 11.3 Å². The number of nitrogens with zero attached hydrogens (tertiary/aromatic N) is 2. The molecule has 8 heteroatoms. The van der Waals surface area contributed by atoms with Crippen LogP contribution in [0, 0.1) is 0 Å². The smallest absolute Gasteiger partial charge is 0.354 e. The second-order valence-electron chi connectivity index (χ2n) is 4.42. The van der Waals surface area contributed by atoms with Gasteiger partial charge in [0.15, 0.2) is 4.88 Å².